The highest BCUT2D eigenvalue weighted by molar-refractivity contribution is 5.85. The van der Waals surface area contributed by atoms with Gasteiger partial charge in [-0.3, -0.25) is 9.48 Å². The van der Waals surface area contributed by atoms with Crippen LogP contribution in [0.4, 0.5) is 0 Å². The highest BCUT2D eigenvalue weighted by Gasteiger charge is 2.22. The lowest BCUT2D eigenvalue weighted by Gasteiger charge is -2.12. The van der Waals surface area contributed by atoms with Crippen molar-refractivity contribution in [2.45, 2.75) is 58.0 Å². The third-order valence-electron chi connectivity index (χ3n) is 3.78. The number of carbonyl (C=O) groups excluding carboxylic acids is 1. The van der Waals surface area contributed by atoms with Gasteiger partial charge < -0.3 is 5.32 Å². The summed E-state index contributed by atoms with van der Waals surface area (Å²) in [5, 5.41) is 7.78. The predicted molar refractivity (Wildman–Crippen MR) is 71.6 cm³/mol. The summed E-state index contributed by atoms with van der Waals surface area (Å²) < 4.78 is 2.00. The van der Waals surface area contributed by atoms with Gasteiger partial charge in [-0.1, -0.05) is 13.8 Å². The van der Waals surface area contributed by atoms with Crippen LogP contribution < -0.4 is 5.32 Å². The van der Waals surface area contributed by atoms with Gasteiger partial charge in [0.1, 0.15) is 0 Å². The smallest absolute Gasteiger partial charge is 0.155 e. The number of hydrogen-bond donors (Lipinski definition) is 1. The van der Waals surface area contributed by atoms with E-state index in [4.69, 9.17) is 0 Å². The molecule has 1 saturated heterocycles. The van der Waals surface area contributed by atoms with Gasteiger partial charge in [0.15, 0.2) is 5.78 Å². The molecule has 0 radical (unpaired) electrons. The Labute approximate surface area is 109 Å². The standard InChI is InChI=1S/C14H23N3O/c1-3-12(4-2)17-9-7-11(16-17)10-14(18)13-6-5-8-15-13/h7,9,12-13,15H,3-6,8,10H2,1-2H3. The number of nitrogens with zero attached hydrogens (tertiary/aromatic N) is 2. The van der Waals surface area contributed by atoms with Crippen molar-refractivity contribution in [3.8, 4) is 0 Å². The molecule has 1 unspecified atom stereocenters. The highest BCUT2D eigenvalue weighted by atomic mass is 16.1. The molecular formula is C14H23N3O. The van der Waals surface area contributed by atoms with Crippen LogP contribution in [-0.4, -0.2) is 28.2 Å². The lowest BCUT2D eigenvalue weighted by atomic mass is 10.1. The quantitative estimate of drug-likeness (QED) is 0.840. The van der Waals surface area contributed by atoms with Crippen molar-refractivity contribution in [1.29, 1.82) is 0 Å². The van der Waals surface area contributed by atoms with Crippen LogP contribution >= 0.6 is 0 Å². The van der Waals surface area contributed by atoms with Crippen LogP contribution in [0.3, 0.4) is 0 Å². The second kappa shape index (κ2) is 6.14. The molecule has 2 heterocycles. The van der Waals surface area contributed by atoms with Crippen LogP contribution in [0.5, 0.6) is 0 Å². The van der Waals surface area contributed by atoms with Gasteiger partial charge in [0, 0.05) is 6.20 Å². The Balaban J connectivity index is 1.95. The second-order valence-corrected chi connectivity index (χ2v) is 5.05. The lowest BCUT2D eigenvalue weighted by Crippen LogP contribution is -2.32. The average Bonchev–Trinajstić information content (AvgIpc) is 3.01. The Bertz CT molecular complexity index is 389. The van der Waals surface area contributed by atoms with E-state index < -0.39 is 0 Å². The van der Waals surface area contributed by atoms with Crippen molar-refractivity contribution in [3.05, 3.63) is 18.0 Å². The van der Waals surface area contributed by atoms with Crippen LogP contribution in [0.15, 0.2) is 12.3 Å². The minimum atomic E-state index is 0.0586. The third-order valence-corrected chi connectivity index (χ3v) is 3.78. The highest BCUT2D eigenvalue weighted by Crippen LogP contribution is 2.15. The summed E-state index contributed by atoms with van der Waals surface area (Å²) >= 11 is 0. The SMILES string of the molecule is CCC(CC)n1ccc(CC(=O)C2CCCN2)n1. The van der Waals surface area contributed by atoms with E-state index in [9.17, 15) is 4.79 Å². The molecular weight excluding hydrogens is 226 g/mol. The van der Waals surface area contributed by atoms with Crippen molar-refractivity contribution < 1.29 is 4.79 Å². The fourth-order valence-corrected chi connectivity index (χ4v) is 2.60. The van der Waals surface area contributed by atoms with Crippen molar-refractivity contribution in [2.75, 3.05) is 6.54 Å². The monoisotopic (exact) mass is 249 g/mol. The molecule has 0 aliphatic carbocycles. The predicted octanol–water partition coefficient (Wildman–Crippen LogP) is 2.11. The molecule has 100 valence electrons. The van der Waals surface area contributed by atoms with E-state index in [2.05, 4.69) is 24.3 Å². The van der Waals surface area contributed by atoms with Crippen molar-refractivity contribution in [3.63, 3.8) is 0 Å². The van der Waals surface area contributed by atoms with Crippen LogP contribution in [0.25, 0.3) is 0 Å². The fourth-order valence-electron chi connectivity index (χ4n) is 2.60. The van der Waals surface area contributed by atoms with Gasteiger partial charge in [-0.15, -0.1) is 0 Å². The van der Waals surface area contributed by atoms with Crippen LogP contribution in [0.1, 0.15) is 51.3 Å². The molecule has 1 fully saturated rings. The molecule has 1 aliphatic heterocycles. The van der Waals surface area contributed by atoms with Crippen molar-refractivity contribution >= 4 is 5.78 Å². The van der Waals surface area contributed by atoms with Crippen LogP contribution in [0.2, 0.25) is 0 Å². The van der Waals surface area contributed by atoms with Gasteiger partial charge in [-0.25, -0.2) is 0 Å². The zero-order valence-electron chi connectivity index (χ0n) is 11.4. The molecule has 1 aromatic rings. The number of aromatic nitrogens is 2. The Hall–Kier alpha value is -1.16. The fraction of sp³-hybridized carbons (Fsp3) is 0.714. The average molecular weight is 249 g/mol. The first kappa shape index (κ1) is 13.3. The Morgan fingerprint density at radius 3 is 2.94 bits per heavy atom. The van der Waals surface area contributed by atoms with E-state index in [0.717, 1.165) is 37.9 Å². The zero-order valence-corrected chi connectivity index (χ0v) is 11.4. The molecule has 2 rings (SSSR count). The van der Waals surface area contributed by atoms with Crippen LogP contribution in [-0.2, 0) is 11.2 Å². The third kappa shape index (κ3) is 2.99. The number of ketones is 1. The Kier molecular flexibility index (Phi) is 4.53. The van der Waals surface area contributed by atoms with E-state index in [1.165, 1.54) is 0 Å². The van der Waals surface area contributed by atoms with Crippen molar-refractivity contribution in [1.82, 2.24) is 15.1 Å². The van der Waals surface area contributed by atoms with Gasteiger partial charge in [-0.05, 0) is 38.3 Å². The number of Topliss-reactive ketones (excluding diaryl/α,β-unsaturated/α-hetero) is 1. The summed E-state index contributed by atoms with van der Waals surface area (Å²) in [5.74, 6) is 0.280. The summed E-state index contributed by atoms with van der Waals surface area (Å²) in [7, 11) is 0. The van der Waals surface area contributed by atoms with Gasteiger partial charge in [0.2, 0.25) is 0 Å². The molecule has 0 aromatic carbocycles. The molecule has 0 saturated carbocycles. The number of hydrogen-bond acceptors (Lipinski definition) is 3. The normalized spacial score (nSPS) is 19.6. The number of carbonyl (C=O) groups is 1. The maximum atomic E-state index is 12.0. The largest absolute Gasteiger partial charge is 0.307 e. The van der Waals surface area contributed by atoms with Gasteiger partial charge >= 0.3 is 0 Å². The second-order valence-electron chi connectivity index (χ2n) is 5.05. The van der Waals surface area contributed by atoms with Crippen molar-refractivity contribution in [2.24, 2.45) is 0 Å². The Morgan fingerprint density at radius 1 is 1.56 bits per heavy atom. The summed E-state index contributed by atoms with van der Waals surface area (Å²) in [5.41, 5.74) is 0.903. The minimum Gasteiger partial charge on any atom is -0.307 e. The summed E-state index contributed by atoms with van der Waals surface area (Å²) in [6.45, 7) is 5.31. The van der Waals surface area contributed by atoms with E-state index >= 15 is 0 Å². The minimum absolute atomic E-state index is 0.0586. The molecule has 4 heteroatoms. The zero-order chi connectivity index (χ0) is 13.0. The van der Waals surface area contributed by atoms with Gasteiger partial charge in [0.05, 0.1) is 24.2 Å². The molecule has 0 amide bonds. The number of nitrogens with one attached hydrogen (secondary N) is 1. The maximum Gasteiger partial charge on any atom is 0.155 e. The molecule has 1 aliphatic rings. The van der Waals surface area contributed by atoms with E-state index in [1.807, 2.05) is 16.9 Å². The Morgan fingerprint density at radius 2 is 2.33 bits per heavy atom. The molecule has 0 bridgehead atoms. The van der Waals surface area contributed by atoms with E-state index in [0.29, 0.717) is 12.5 Å². The summed E-state index contributed by atoms with van der Waals surface area (Å²) in [6, 6.07) is 2.49. The number of rotatable bonds is 6. The molecule has 4 nitrogen and oxygen atoms in total. The molecule has 18 heavy (non-hydrogen) atoms. The molecule has 1 N–H and O–H groups in total. The first-order valence-corrected chi connectivity index (χ1v) is 7.04. The lowest BCUT2D eigenvalue weighted by molar-refractivity contribution is -0.120. The van der Waals surface area contributed by atoms with E-state index in [-0.39, 0.29) is 11.8 Å². The maximum absolute atomic E-state index is 12.0. The first-order valence-electron chi connectivity index (χ1n) is 7.04. The van der Waals surface area contributed by atoms with E-state index in [1.54, 1.807) is 0 Å². The molecule has 1 aromatic heterocycles. The first-order chi connectivity index (χ1) is 8.74. The summed E-state index contributed by atoms with van der Waals surface area (Å²) in [6.07, 6.45) is 6.71. The van der Waals surface area contributed by atoms with Gasteiger partial charge in [0.25, 0.3) is 0 Å². The molecule has 1 atom stereocenters. The van der Waals surface area contributed by atoms with Gasteiger partial charge in [-0.2, -0.15) is 5.10 Å². The summed E-state index contributed by atoms with van der Waals surface area (Å²) in [4.78, 5) is 12.0. The molecule has 0 spiro atoms. The van der Waals surface area contributed by atoms with Crippen LogP contribution in [0, 0.1) is 0 Å². The topological polar surface area (TPSA) is 46.9 Å².